The van der Waals surface area contributed by atoms with Crippen molar-refractivity contribution in [2.24, 2.45) is 0 Å². The molecule has 1 saturated heterocycles. The van der Waals surface area contributed by atoms with Crippen LogP contribution in [-0.2, 0) is 10.0 Å². The van der Waals surface area contributed by atoms with Crippen LogP contribution >= 0.6 is 0 Å². The number of likely N-dealkylation sites (tertiary alicyclic amines) is 1. The summed E-state index contributed by atoms with van der Waals surface area (Å²) in [5.74, 6) is -0.0433. The molecule has 0 saturated carbocycles. The summed E-state index contributed by atoms with van der Waals surface area (Å²) in [4.78, 5) is 19.0. The molecule has 0 unspecified atom stereocenters. The van der Waals surface area contributed by atoms with E-state index < -0.39 is 10.0 Å². The van der Waals surface area contributed by atoms with Crippen LogP contribution in [0.1, 0.15) is 35.2 Å². The second kappa shape index (κ2) is 6.81. The van der Waals surface area contributed by atoms with Crippen molar-refractivity contribution in [3.8, 4) is 0 Å². The summed E-state index contributed by atoms with van der Waals surface area (Å²) in [6.07, 6.45) is 6.16. The topological polar surface area (TPSA) is 72.3 Å². The van der Waals surface area contributed by atoms with Crippen molar-refractivity contribution >= 4 is 27.0 Å². The lowest BCUT2D eigenvalue weighted by atomic mass is 10.1. The van der Waals surface area contributed by atoms with Crippen LogP contribution in [0.15, 0.2) is 53.7 Å². The van der Waals surface area contributed by atoms with Crippen molar-refractivity contribution in [1.29, 1.82) is 0 Å². The molecule has 1 aromatic carbocycles. The van der Waals surface area contributed by atoms with E-state index in [-0.39, 0.29) is 10.8 Å². The maximum Gasteiger partial charge on any atom is 0.269 e. The zero-order valence-corrected chi connectivity index (χ0v) is 15.9. The van der Waals surface area contributed by atoms with Gasteiger partial charge in [-0.3, -0.25) is 4.79 Å². The van der Waals surface area contributed by atoms with E-state index in [1.165, 1.54) is 16.4 Å². The number of aryl methyl sites for hydroxylation is 1. The van der Waals surface area contributed by atoms with E-state index in [1.807, 2.05) is 11.8 Å². The first-order chi connectivity index (χ1) is 13.0. The summed E-state index contributed by atoms with van der Waals surface area (Å²) in [5.41, 5.74) is 1.81. The first-order valence-electron chi connectivity index (χ1n) is 9.05. The molecular weight excluding hydrogens is 362 g/mol. The summed E-state index contributed by atoms with van der Waals surface area (Å²) < 4.78 is 27.0. The van der Waals surface area contributed by atoms with Crippen LogP contribution in [0, 0.1) is 6.92 Å². The standard InChI is InChI=1S/C20H21N3O3S/c1-15-5-7-18(8-6-15)27(25,26)23-12-9-16-13-17(14-21-19(16)23)20(24)22-10-3-2-4-11-22/h5-9,12-14H,2-4,10-11H2,1H3. The molecule has 6 nitrogen and oxygen atoms in total. The van der Waals surface area contributed by atoms with Gasteiger partial charge in [0.2, 0.25) is 0 Å². The Hall–Kier alpha value is -2.67. The van der Waals surface area contributed by atoms with Gasteiger partial charge in [0.1, 0.15) is 0 Å². The van der Waals surface area contributed by atoms with Crippen LogP contribution in [0.4, 0.5) is 0 Å². The Kier molecular flexibility index (Phi) is 4.47. The van der Waals surface area contributed by atoms with Gasteiger partial charge in [-0.15, -0.1) is 0 Å². The third-order valence-corrected chi connectivity index (χ3v) is 6.64. The predicted octanol–water partition coefficient (Wildman–Crippen LogP) is 3.21. The SMILES string of the molecule is Cc1ccc(S(=O)(=O)n2ccc3cc(C(=O)N4CCCCC4)cnc32)cc1. The maximum absolute atomic E-state index is 12.9. The number of nitrogens with zero attached hydrogens (tertiary/aromatic N) is 3. The van der Waals surface area contributed by atoms with Gasteiger partial charge in [0, 0.05) is 30.9 Å². The molecule has 7 heteroatoms. The predicted molar refractivity (Wildman–Crippen MR) is 103 cm³/mol. The van der Waals surface area contributed by atoms with E-state index in [0.717, 1.165) is 37.9 Å². The number of rotatable bonds is 3. The quantitative estimate of drug-likeness (QED) is 0.696. The number of hydrogen-bond acceptors (Lipinski definition) is 4. The van der Waals surface area contributed by atoms with Gasteiger partial charge in [0.15, 0.2) is 5.65 Å². The third-order valence-electron chi connectivity index (χ3n) is 4.96. The third kappa shape index (κ3) is 3.23. The molecule has 1 amide bonds. The molecule has 0 N–H and O–H groups in total. The fraction of sp³-hybridized carbons (Fsp3) is 0.300. The highest BCUT2D eigenvalue weighted by Crippen LogP contribution is 2.23. The van der Waals surface area contributed by atoms with Crippen LogP contribution in [-0.4, -0.2) is 41.3 Å². The number of benzene rings is 1. The Labute approximate surface area is 158 Å². The number of amides is 1. The molecule has 0 spiro atoms. The zero-order chi connectivity index (χ0) is 19.0. The highest BCUT2D eigenvalue weighted by atomic mass is 32.2. The molecule has 140 valence electrons. The second-order valence-electron chi connectivity index (χ2n) is 6.92. The molecule has 0 aliphatic carbocycles. The normalized spacial score (nSPS) is 15.2. The number of carbonyl (C=O) groups is 1. The highest BCUT2D eigenvalue weighted by molar-refractivity contribution is 7.90. The fourth-order valence-corrected chi connectivity index (χ4v) is 4.72. The van der Waals surface area contributed by atoms with Crippen molar-refractivity contribution in [3.05, 3.63) is 59.9 Å². The molecule has 0 atom stereocenters. The minimum absolute atomic E-state index is 0.0433. The van der Waals surface area contributed by atoms with Gasteiger partial charge in [-0.25, -0.2) is 17.4 Å². The molecule has 4 rings (SSSR count). The number of fused-ring (bicyclic) bond motifs is 1. The Bertz CT molecular complexity index is 1100. The lowest BCUT2D eigenvalue weighted by molar-refractivity contribution is 0.0724. The summed E-state index contributed by atoms with van der Waals surface area (Å²) in [7, 11) is -3.73. The maximum atomic E-state index is 12.9. The van der Waals surface area contributed by atoms with E-state index in [2.05, 4.69) is 4.98 Å². The summed E-state index contributed by atoms with van der Waals surface area (Å²) >= 11 is 0. The second-order valence-corrected chi connectivity index (χ2v) is 8.73. The molecule has 27 heavy (non-hydrogen) atoms. The van der Waals surface area contributed by atoms with Gasteiger partial charge in [0.05, 0.1) is 10.5 Å². The molecule has 1 aliphatic rings. The molecule has 3 aromatic rings. The largest absolute Gasteiger partial charge is 0.339 e. The summed E-state index contributed by atoms with van der Waals surface area (Å²) in [6, 6.07) is 10.1. The van der Waals surface area contributed by atoms with Crippen LogP contribution in [0.5, 0.6) is 0 Å². The van der Waals surface area contributed by atoms with Crippen molar-refractivity contribution in [2.45, 2.75) is 31.1 Å². The lowest BCUT2D eigenvalue weighted by Crippen LogP contribution is -2.35. The van der Waals surface area contributed by atoms with E-state index in [4.69, 9.17) is 0 Å². The van der Waals surface area contributed by atoms with E-state index in [9.17, 15) is 13.2 Å². The average molecular weight is 383 g/mol. The van der Waals surface area contributed by atoms with E-state index >= 15 is 0 Å². The van der Waals surface area contributed by atoms with Gasteiger partial charge >= 0.3 is 0 Å². The van der Waals surface area contributed by atoms with Crippen molar-refractivity contribution in [2.75, 3.05) is 13.1 Å². The van der Waals surface area contributed by atoms with E-state index in [1.54, 1.807) is 36.4 Å². The zero-order valence-electron chi connectivity index (χ0n) is 15.1. The van der Waals surface area contributed by atoms with Crippen LogP contribution in [0.2, 0.25) is 0 Å². The highest BCUT2D eigenvalue weighted by Gasteiger charge is 2.22. The van der Waals surface area contributed by atoms with Crippen molar-refractivity contribution in [1.82, 2.24) is 13.9 Å². The van der Waals surface area contributed by atoms with E-state index in [0.29, 0.717) is 16.6 Å². The molecule has 0 radical (unpaired) electrons. The number of pyridine rings is 1. The molecule has 2 aromatic heterocycles. The molecular formula is C20H21N3O3S. The van der Waals surface area contributed by atoms with Crippen molar-refractivity contribution < 1.29 is 13.2 Å². The van der Waals surface area contributed by atoms with Gasteiger partial charge in [-0.05, 0) is 50.5 Å². The minimum Gasteiger partial charge on any atom is -0.339 e. The smallest absolute Gasteiger partial charge is 0.269 e. The lowest BCUT2D eigenvalue weighted by Gasteiger charge is -2.26. The number of hydrogen-bond donors (Lipinski definition) is 0. The van der Waals surface area contributed by atoms with Gasteiger partial charge < -0.3 is 4.90 Å². The molecule has 3 heterocycles. The number of carbonyl (C=O) groups excluding carboxylic acids is 1. The minimum atomic E-state index is -3.73. The Morgan fingerprint density at radius 1 is 1.04 bits per heavy atom. The Balaban J connectivity index is 1.70. The average Bonchev–Trinajstić information content (AvgIpc) is 3.12. The van der Waals surface area contributed by atoms with Crippen LogP contribution in [0.25, 0.3) is 11.0 Å². The molecule has 1 aliphatic heterocycles. The number of piperidine rings is 1. The first-order valence-corrected chi connectivity index (χ1v) is 10.5. The molecule has 0 bridgehead atoms. The van der Waals surface area contributed by atoms with Gasteiger partial charge in [0.25, 0.3) is 15.9 Å². The first kappa shape index (κ1) is 17.7. The Morgan fingerprint density at radius 2 is 1.74 bits per heavy atom. The van der Waals surface area contributed by atoms with Crippen LogP contribution in [0.3, 0.4) is 0 Å². The monoisotopic (exact) mass is 383 g/mol. The fourth-order valence-electron chi connectivity index (χ4n) is 3.41. The summed E-state index contributed by atoms with van der Waals surface area (Å²) in [6.45, 7) is 3.43. The van der Waals surface area contributed by atoms with Crippen molar-refractivity contribution in [3.63, 3.8) is 0 Å². The van der Waals surface area contributed by atoms with Gasteiger partial charge in [-0.1, -0.05) is 17.7 Å². The number of aromatic nitrogens is 2. The van der Waals surface area contributed by atoms with Gasteiger partial charge in [-0.2, -0.15) is 0 Å². The Morgan fingerprint density at radius 3 is 2.44 bits per heavy atom. The van der Waals surface area contributed by atoms with Crippen LogP contribution < -0.4 is 0 Å². The molecule has 1 fully saturated rings. The summed E-state index contributed by atoms with van der Waals surface area (Å²) in [5, 5.41) is 0.633.